The molecule has 0 aromatic carbocycles. The first-order valence-electron chi connectivity index (χ1n) is 2.82. The highest BCUT2D eigenvalue weighted by atomic mass is 32.2. The molecule has 0 bridgehead atoms. The highest BCUT2D eigenvalue weighted by Gasteiger charge is 2.13. The van der Waals surface area contributed by atoms with Crippen molar-refractivity contribution < 1.29 is 4.79 Å². The van der Waals surface area contributed by atoms with E-state index < -0.39 is 0 Å². The Morgan fingerprint density at radius 1 is 1.89 bits per heavy atom. The van der Waals surface area contributed by atoms with Gasteiger partial charge in [0.15, 0.2) is 0 Å². The van der Waals surface area contributed by atoms with Gasteiger partial charge in [-0.25, -0.2) is 0 Å². The molecule has 0 saturated heterocycles. The normalized spacial score (nSPS) is 24.9. The Balaban J connectivity index is 2.40. The molecule has 1 aliphatic rings. The van der Waals surface area contributed by atoms with Gasteiger partial charge in [0.1, 0.15) is 0 Å². The van der Waals surface area contributed by atoms with E-state index in [4.69, 9.17) is 0 Å². The fourth-order valence-electron chi connectivity index (χ4n) is 0.705. The SMILES string of the molecule is C=CCC1C=CC(=O)S1. The van der Waals surface area contributed by atoms with Crippen molar-refractivity contribution in [1.29, 1.82) is 0 Å². The van der Waals surface area contributed by atoms with Gasteiger partial charge in [-0.2, -0.15) is 0 Å². The van der Waals surface area contributed by atoms with E-state index in [1.54, 1.807) is 6.08 Å². The quantitative estimate of drug-likeness (QED) is 0.544. The summed E-state index contributed by atoms with van der Waals surface area (Å²) < 4.78 is 0. The lowest BCUT2D eigenvalue weighted by atomic mass is 10.3. The first-order valence-corrected chi connectivity index (χ1v) is 3.70. The summed E-state index contributed by atoms with van der Waals surface area (Å²) in [6.45, 7) is 3.59. The number of hydrogen-bond acceptors (Lipinski definition) is 2. The third kappa shape index (κ3) is 1.72. The van der Waals surface area contributed by atoms with E-state index in [0.717, 1.165) is 6.42 Å². The van der Waals surface area contributed by atoms with Crippen LogP contribution in [-0.4, -0.2) is 10.4 Å². The van der Waals surface area contributed by atoms with Crippen molar-refractivity contribution in [3.8, 4) is 0 Å². The van der Waals surface area contributed by atoms with Crippen molar-refractivity contribution in [2.45, 2.75) is 11.7 Å². The molecular formula is C7H8OS. The molecule has 0 amide bonds. The van der Waals surface area contributed by atoms with Crippen LogP contribution in [0, 0.1) is 0 Å². The van der Waals surface area contributed by atoms with E-state index in [1.165, 1.54) is 11.8 Å². The zero-order valence-electron chi connectivity index (χ0n) is 5.04. The summed E-state index contributed by atoms with van der Waals surface area (Å²) in [6.07, 6.45) is 6.28. The lowest BCUT2D eigenvalue weighted by Gasteiger charge is -1.97. The molecule has 0 saturated carbocycles. The maximum atomic E-state index is 10.6. The van der Waals surface area contributed by atoms with Crippen LogP contribution >= 0.6 is 11.8 Å². The van der Waals surface area contributed by atoms with Crippen LogP contribution in [0.1, 0.15) is 6.42 Å². The second-order valence-electron chi connectivity index (χ2n) is 1.86. The Kier molecular flexibility index (Phi) is 2.11. The Hall–Kier alpha value is -0.500. The standard InChI is InChI=1S/C7H8OS/c1-2-3-6-4-5-7(8)9-6/h2,4-6H,1,3H2. The Bertz CT molecular complexity index is 160. The topological polar surface area (TPSA) is 17.1 Å². The molecule has 9 heavy (non-hydrogen) atoms. The molecule has 1 atom stereocenters. The van der Waals surface area contributed by atoms with Gasteiger partial charge in [0, 0.05) is 5.25 Å². The van der Waals surface area contributed by atoms with Crippen LogP contribution in [0.5, 0.6) is 0 Å². The van der Waals surface area contributed by atoms with Gasteiger partial charge in [-0.3, -0.25) is 4.79 Å². The van der Waals surface area contributed by atoms with E-state index in [-0.39, 0.29) is 5.12 Å². The molecule has 48 valence electrons. The summed E-state index contributed by atoms with van der Waals surface area (Å²) >= 11 is 1.37. The molecule has 0 N–H and O–H groups in total. The molecular weight excluding hydrogens is 132 g/mol. The van der Waals surface area contributed by atoms with Gasteiger partial charge in [-0.1, -0.05) is 23.9 Å². The predicted octanol–water partition coefficient (Wildman–Crippen LogP) is 1.76. The summed E-state index contributed by atoms with van der Waals surface area (Å²) in [4.78, 5) is 10.6. The molecule has 0 fully saturated rings. The van der Waals surface area contributed by atoms with Gasteiger partial charge in [0.25, 0.3) is 0 Å². The Morgan fingerprint density at radius 2 is 2.67 bits per heavy atom. The van der Waals surface area contributed by atoms with E-state index >= 15 is 0 Å². The third-order valence-corrected chi connectivity index (χ3v) is 2.13. The van der Waals surface area contributed by atoms with Crippen molar-refractivity contribution in [2.75, 3.05) is 0 Å². The minimum absolute atomic E-state index is 0.168. The molecule has 1 heterocycles. The number of allylic oxidation sites excluding steroid dienone is 1. The summed E-state index contributed by atoms with van der Waals surface area (Å²) in [5, 5.41) is 0.525. The summed E-state index contributed by atoms with van der Waals surface area (Å²) in [5.41, 5.74) is 0. The van der Waals surface area contributed by atoms with Crippen molar-refractivity contribution in [2.24, 2.45) is 0 Å². The minimum atomic E-state index is 0.168. The van der Waals surface area contributed by atoms with Crippen LogP contribution < -0.4 is 0 Å². The van der Waals surface area contributed by atoms with E-state index in [0.29, 0.717) is 5.25 Å². The second kappa shape index (κ2) is 2.87. The number of rotatable bonds is 2. The van der Waals surface area contributed by atoms with Gasteiger partial charge >= 0.3 is 0 Å². The molecule has 1 aliphatic heterocycles. The van der Waals surface area contributed by atoms with E-state index in [1.807, 2.05) is 12.2 Å². The fraction of sp³-hybridized carbons (Fsp3) is 0.286. The third-order valence-electron chi connectivity index (χ3n) is 1.11. The lowest BCUT2D eigenvalue weighted by molar-refractivity contribution is -0.106. The van der Waals surface area contributed by atoms with Gasteiger partial charge in [0.05, 0.1) is 0 Å². The van der Waals surface area contributed by atoms with Gasteiger partial charge in [-0.05, 0) is 12.5 Å². The molecule has 0 aliphatic carbocycles. The first kappa shape index (κ1) is 6.62. The van der Waals surface area contributed by atoms with Crippen LogP contribution in [0.4, 0.5) is 0 Å². The molecule has 0 aromatic rings. The van der Waals surface area contributed by atoms with Gasteiger partial charge in [-0.15, -0.1) is 6.58 Å². The number of hydrogen-bond donors (Lipinski definition) is 0. The zero-order valence-corrected chi connectivity index (χ0v) is 5.86. The minimum Gasteiger partial charge on any atom is -0.282 e. The van der Waals surface area contributed by atoms with Gasteiger partial charge < -0.3 is 0 Å². The van der Waals surface area contributed by atoms with Gasteiger partial charge in [0.2, 0.25) is 5.12 Å². The van der Waals surface area contributed by atoms with Crippen LogP contribution in [0.15, 0.2) is 24.8 Å². The highest BCUT2D eigenvalue weighted by molar-refractivity contribution is 8.15. The number of carbonyl (C=O) groups excluding carboxylic acids is 1. The first-order chi connectivity index (χ1) is 4.33. The molecule has 0 spiro atoms. The molecule has 0 radical (unpaired) electrons. The van der Waals surface area contributed by atoms with E-state index in [9.17, 15) is 4.79 Å². The smallest absolute Gasteiger partial charge is 0.212 e. The molecule has 1 rings (SSSR count). The average molecular weight is 140 g/mol. The van der Waals surface area contributed by atoms with E-state index in [2.05, 4.69) is 6.58 Å². The van der Waals surface area contributed by atoms with Crippen LogP contribution in [0.2, 0.25) is 0 Å². The average Bonchev–Trinajstić information content (AvgIpc) is 2.17. The maximum Gasteiger partial charge on any atom is 0.212 e. The molecule has 1 nitrogen and oxygen atoms in total. The van der Waals surface area contributed by atoms with Crippen molar-refractivity contribution in [3.63, 3.8) is 0 Å². The monoisotopic (exact) mass is 140 g/mol. The molecule has 2 heteroatoms. The number of thioether (sulfide) groups is 1. The second-order valence-corrected chi connectivity index (χ2v) is 3.10. The summed E-state index contributed by atoms with van der Waals surface area (Å²) in [5.74, 6) is 0. The predicted molar refractivity (Wildman–Crippen MR) is 40.3 cm³/mol. The Labute approximate surface area is 58.8 Å². The van der Waals surface area contributed by atoms with Crippen LogP contribution in [0.25, 0.3) is 0 Å². The Morgan fingerprint density at radius 3 is 3.11 bits per heavy atom. The lowest BCUT2D eigenvalue weighted by Crippen LogP contribution is -1.91. The molecule has 0 aromatic heterocycles. The van der Waals surface area contributed by atoms with Crippen LogP contribution in [0.3, 0.4) is 0 Å². The van der Waals surface area contributed by atoms with Crippen molar-refractivity contribution >= 4 is 16.9 Å². The number of carbonyl (C=O) groups is 1. The van der Waals surface area contributed by atoms with Crippen LogP contribution in [-0.2, 0) is 4.79 Å². The largest absolute Gasteiger partial charge is 0.282 e. The molecule has 1 unspecified atom stereocenters. The summed E-state index contributed by atoms with van der Waals surface area (Å²) in [6, 6.07) is 0. The summed E-state index contributed by atoms with van der Waals surface area (Å²) in [7, 11) is 0. The highest BCUT2D eigenvalue weighted by Crippen LogP contribution is 2.23. The van der Waals surface area contributed by atoms with Crippen molar-refractivity contribution in [1.82, 2.24) is 0 Å². The zero-order chi connectivity index (χ0) is 6.69. The fourth-order valence-corrected chi connectivity index (χ4v) is 1.55. The van der Waals surface area contributed by atoms with Crippen molar-refractivity contribution in [3.05, 3.63) is 24.8 Å². The maximum absolute atomic E-state index is 10.6.